The van der Waals surface area contributed by atoms with Crippen LogP contribution in [0.4, 0.5) is 5.82 Å². The normalized spacial score (nSPS) is 11.1. The molecule has 4 rings (SSSR count). The molecule has 0 aliphatic carbocycles. The Morgan fingerprint density at radius 3 is 2.48 bits per heavy atom. The van der Waals surface area contributed by atoms with E-state index in [2.05, 4.69) is 0 Å². The average Bonchev–Trinajstić information content (AvgIpc) is 3.07. The summed E-state index contributed by atoms with van der Waals surface area (Å²) in [6.45, 7) is 2.34. The highest BCUT2D eigenvalue weighted by Crippen LogP contribution is 2.36. The molecule has 8 heteroatoms. The predicted molar refractivity (Wildman–Crippen MR) is 119 cm³/mol. The van der Waals surface area contributed by atoms with Crippen molar-refractivity contribution in [1.82, 2.24) is 14.5 Å². The van der Waals surface area contributed by atoms with E-state index in [-0.39, 0.29) is 11.4 Å². The summed E-state index contributed by atoms with van der Waals surface area (Å²) in [6.07, 6.45) is 1.68. The number of rotatable bonds is 7. The molecule has 0 spiro atoms. The number of esters is 1. The summed E-state index contributed by atoms with van der Waals surface area (Å²) in [7, 11) is 3.14. The molecule has 2 heterocycles. The van der Waals surface area contributed by atoms with Crippen molar-refractivity contribution in [2.24, 2.45) is 0 Å². The number of unbranched alkanes of at least 4 members (excludes halogenated alkanes) is 1. The second-order valence-electron chi connectivity index (χ2n) is 7.01. The first-order valence-corrected chi connectivity index (χ1v) is 10.0. The Morgan fingerprint density at radius 2 is 1.81 bits per heavy atom. The van der Waals surface area contributed by atoms with Crippen molar-refractivity contribution in [2.75, 3.05) is 26.6 Å². The Hall–Kier alpha value is -3.81. The first-order chi connectivity index (χ1) is 15.1. The second-order valence-corrected chi connectivity index (χ2v) is 7.01. The Morgan fingerprint density at radius 1 is 1.06 bits per heavy atom. The number of ether oxygens (including phenoxy) is 3. The summed E-state index contributed by atoms with van der Waals surface area (Å²) in [5, 5.41) is 0. The number of nitrogens with zero attached hydrogens (tertiary/aromatic N) is 3. The summed E-state index contributed by atoms with van der Waals surface area (Å²) in [4.78, 5) is 22.4. The zero-order valence-electron chi connectivity index (χ0n) is 17.7. The number of hydrogen-bond acceptors (Lipinski definition) is 7. The van der Waals surface area contributed by atoms with E-state index < -0.39 is 5.97 Å². The molecular weight excluding hydrogens is 396 g/mol. The highest BCUT2D eigenvalue weighted by Gasteiger charge is 2.27. The van der Waals surface area contributed by atoms with Crippen molar-refractivity contribution < 1.29 is 19.0 Å². The van der Waals surface area contributed by atoms with Gasteiger partial charge in [0.2, 0.25) is 0 Å². The van der Waals surface area contributed by atoms with Crippen LogP contribution in [0.1, 0.15) is 30.1 Å². The third-order valence-electron chi connectivity index (χ3n) is 5.06. The van der Waals surface area contributed by atoms with Gasteiger partial charge < -0.3 is 19.9 Å². The number of fused-ring (bicyclic) bond motifs is 2. The average molecular weight is 420 g/mol. The number of carbonyl (C=O) groups excluding carboxylic acids is 1. The molecule has 0 atom stereocenters. The number of para-hydroxylation sites is 2. The molecule has 160 valence electrons. The Kier molecular flexibility index (Phi) is 5.62. The van der Waals surface area contributed by atoms with Gasteiger partial charge in [0, 0.05) is 6.07 Å². The molecule has 0 unspecified atom stereocenters. The molecule has 2 aromatic carbocycles. The lowest BCUT2D eigenvalue weighted by Crippen LogP contribution is -2.10. The fraction of sp³-hybridized carbons (Fsp3) is 0.261. The number of hydrogen-bond donors (Lipinski definition) is 1. The Bertz CT molecular complexity index is 1270. The first kappa shape index (κ1) is 20.5. The maximum atomic E-state index is 13.0. The van der Waals surface area contributed by atoms with E-state index in [9.17, 15) is 4.79 Å². The van der Waals surface area contributed by atoms with Crippen molar-refractivity contribution in [3.63, 3.8) is 0 Å². The van der Waals surface area contributed by atoms with Gasteiger partial charge in [-0.2, -0.15) is 0 Å². The van der Waals surface area contributed by atoms with Crippen molar-refractivity contribution in [1.29, 1.82) is 0 Å². The van der Waals surface area contributed by atoms with E-state index in [0.717, 1.165) is 12.8 Å². The van der Waals surface area contributed by atoms with E-state index in [0.29, 0.717) is 46.0 Å². The molecular formula is C23H24N4O4. The van der Waals surface area contributed by atoms with Crippen LogP contribution in [-0.4, -0.2) is 41.3 Å². The second kappa shape index (κ2) is 8.51. The molecule has 0 radical (unpaired) electrons. The molecule has 0 aliphatic heterocycles. The largest absolute Gasteiger partial charge is 0.497 e. The van der Waals surface area contributed by atoms with Crippen molar-refractivity contribution in [3.8, 4) is 17.2 Å². The molecule has 4 aromatic rings. The Balaban J connectivity index is 2.02. The molecule has 2 N–H and O–H groups in total. The van der Waals surface area contributed by atoms with Crippen LogP contribution >= 0.6 is 0 Å². The number of aromatic nitrogens is 3. The van der Waals surface area contributed by atoms with E-state index in [1.165, 1.54) is 0 Å². The molecule has 0 bridgehead atoms. The van der Waals surface area contributed by atoms with Crippen LogP contribution in [0.15, 0.2) is 42.5 Å². The quantitative estimate of drug-likeness (QED) is 0.354. The highest BCUT2D eigenvalue weighted by molar-refractivity contribution is 6.09. The molecule has 8 nitrogen and oxygen atoms in total. The fourth-order valence-corrected chi connectivity index (χ4v) is 3.46. The summed E-state index contributed by atoms with van der Waals surface area (Å²) < 4.78 is 18.0. The van der Waals surface area contributed by atoms with Gasteiger partial charge in [0.05, 0.1) is 37.5 Å². The van der Waals surface area contributed by atoms with Crippen molar-refractivity contribution in [3.05, 3.63) is 48.0 Å². The molecule has 0 amide bonds. The van der Waals surface area contributed by atoms with Gasteiger partial charge >= 0.3 is 5.97 Å². The summed E-state index contributed by atoms with van der Waals surface area (Å²) in [5.74, 6) is 0.808. The summed E-state index contributed by atoms with van der Waals surface area (Å²) in [5.41, 5.74) is 9.44. The maximum Gasteiger partial charge on any atom is 0.344 e. The van der Waals surface area contributed by atoms with Crippen LogP contribution in [0.5, 0.6) is 11.5 Å². The lowest BCUT2D eigenvalue weighted by Gasteiger charge is -2.14. The number of anilines is 1. The number of nitrogen functional groups attached to an aromatic ring is 1. The van der Waals surface area contributed by atoms with Gasteiger partial charge in [0.1, 0.15) is 28.4 Å². The third-order valence-corrected chi connectivity index (χ3v) is 5.06. The zero-order valence-corrected chi connectivity index (χ0v) is 17.7. The van der Waals surface area contributed by atoms with Crippen LogP contribution in [-0.2, 0) is 4.74 Å². The van der Waals surface area contributed by atoms with Crippen LogP contribution < -0.4 is 15.2 Å². The predicted octanol–water partition coefficient (Wildman–Crippen LogP) is 4.13. The first-order valence-electron chi connectivity index (χ1n) is 10.0. The van der Waals surface area contributed by atoms with Gasteiger partial charge in [-0.3, -0.25) is 4.57 Å². The molecule has 0 saturated heterocycles. The topological polar surface area (TPSA) is 101 Å². The SMILES string of the molecule is CCCCOC(=O)c1c(N)n(-c2cc(OC)ccc2OC)c2nc3ccccc3nc12. The number of nitrogens with two attached hydrogens (primary N) is 1. The third kappa shape index (κ3) is 3.61. The molecule has 0 saturated carbocycles. The lowest BCUT2D eigenvalue weighted by atomic mass is 10.2. The minimum absolute atomic E-state index is 0.179. The fourth-order valence-electron chi connectivity index (χ4n) is 3.46. The van der Waals surface area contributed by atoms with Gasteiger partial charge in [0.15, 0.2) is 5.65 Å². The molecule has 0 fully saturated rings. The number of carbonyl (C=O) groups is 1. The van der Waals surface area contributed by atoms with Crippen LogP contribution in [0.3, 0.4) is 0 Å². The highest BCUT2D eigenvalue weighted by atomic mass is 16.5. The van der Waals surface area contributed by atoms with Gasteiger partial charge in [-0.25, -0.2) is 14.8 Å². The minimum atomic E-state index is -0.527. The molecule has 0 aliphatic rings. The van der Waals surface area contributed by atoms with E-state index in [1.54, 1.807) is 37.0 Å². The summed E-state index contributed by atoms with van der Waals surface area (Å²) >= 11 is 0. The van der Waals surface area contributed by atoms with E-state index in [1.807, 2.05) is 31.2 Å². The zero-order chi connectivity index (χ0) is 22.0. The van der Waals surface area contributed by atoms with Gasteiger partial charge in [-0.1, -0.05) is 25.5 Å². The van der Waals surface area contributed by atoms with Gasteiger partial charge in [-0.15, -0.1) is 0 Å². The standard InChI is InChI=1S/C23H24N4O4/c1-4-5-12-31-23(28)19-20-22(26-16-9-7-6-8-15(16)25-20)27(21(19)24)17-13-14(29-2)10-11-18(17)30-3/h6-11,13H,4-5,12,24H2,1-3H3. The number of benzene rings is 2. The van der Waals surface area contributed by atoms with Crippen LogP contribution in [0.25, 0.3) is 27.9 Å². The monoisotopic (exact) mass is 420 g/mol. The van der Waals surface area contributed by atoms with E-state index >= 15 is 0 Å². The number of methoxy groups -OCH3 is 2. The maximum absolute atomic E-state index is 13.0. The minimum Gasteiger partial charge on any atom is -0.497 e. The lowest BCUT2D eigenvalue weighted by molar-refractivity contribution is 0.0503. The summed E-state index contributed by atoms with van der Waals surface area (Å²) in [6, 6.07) is 12.8. The van der Waals surface area contributed by atoms with Crippen molar-refractivity contribution in [2.45, 2.75) is 19.8 Å². The molecule has 31 heavy (non-hydrogen) atoms. The van der Waals surface area contributed by atoms with Gasteiger partial charge in [-0.05, 0) is 30.7 Å². The van der Waals surface area contributed by atoms with Crippen LogP contribution in [0.2, 0.25) is 0 Å². The van der Waals surface area contributed by atoms with E-state index in [4.69, 9.17) is 29.9 Å². The molecule has 2 aromatic heterocycles. The Labute approximate surface area is 179 Å². The van der Waals surface area contributed by atoms with Gasteiger partial charge in [0.25, 0.3) is 0 Å². The van der Waals surface area contributed by atoms with Crippen molar-refractivity contribution >= 4 is 34.0 Å². The smallest absolute Gasteiger partial charge is 0.344 e. The van der Waals surface area contributed by atoms with Crippen LogP contribution in [0, 0.1) is 0 Å².